The average Bonchev–Trinajstić information content (AvgIpc) is 3.07. The van der Waals surface area contributed by atoms with Crippen molar-refractivity contribution >= 4 is 11.7 Å². The van der Waals surface area contributed by atoms with Gasteiger partial charge in [0.2, 0.25) is 5.91 Å². The molecule has 0 bridgehead atoms. The van der Waals surface area contributed by atoms with Crippen molar-refractivity contribution in [2.24, 2.45) is 0 Å². The first-order valence-electron chi connectivity index (χ1n) is 7.38. The lowest BCUT2D eigenvalue weighted by Gasteiger charge is -2.34. The van der Waals surface area contributed by atoms with Gasteiger partial charge in [0, 0.05) is 30.7 Å². The number of anilines is 1. The summed E-state index contributed by atoms with van der Waals surface area (Å²) in [4.78, 5) is 23.4. The highest BCUT2D eigenvalue weighted by Gasteiger charge is 2.43. The molecule has 1 amide bonds. The molecule has 0 radical (unpaired) electrons. The number of aromatic nitrogens is 4. The molecule has 2 aromatic heterocycles. The summed E-state index contributed by atoms with van der Waals surface area (Å²) in [6.07, 6.45) is 5.21. The van der Waals surface area contributed by atoms with Crippen LogP contribution in [0.25, 0.3) is 0 Å². The van der Waals surface area contributed by atoms with E-state index in [4.69, 9.17) is 5.73 Å². The Hall–Kier alpha value is -2.44. The fourth-order valence-electron chi connectivity index (χ4n) is 3.05. The number of nitrogens with zero attached hydrogens (tertiary/aromatic N) is 5. The van der Waals surface area contributed by atoms with Gasteiger partial charge in [0.15, 0.2) is 5.82 Å². The molecular weight excluding hydrogens is 280 g/mol. The third-order valence-electron chi connectivity index (χ3n) is 4.15. The van der Waals surface area contributed by atoms with E-state index in [1.54, 1.807) is 29.2 Å². The molecule has 0 unspecified atom stereocenters. The topological polar surface area (TPSA) is 89.9 Å². The lowest BCUT2D eigenvalue weighted by Crippen LogP contribution is -2.45. The summed E-state index contributed by atoms with van der Waals surface area (Å²) in [6, 6.07) is 3.54. The fourth-order valence-corrected chi connectivity index (χ4v) is 3.05. The molecule has 22 heavy (non-hydrogen) atoms. The van der Waals surface area contributed by atoms with Crippen molar-refractivity contribution in [2.45, 2.75) is 38.8 Å². The molecule has 3 heterocycles. The molecule has 2 aromatic rings. The van der Waals surface area contributed by atoms with Crippen LogP contribution in [0.1, 0.15) is 31.3 Å². The molecule has 2 N–H and O–H groups in total. The molecule has 0 aromatic carbocycles. The molecule has 1 saturated heterocycles. The smallest absolute Gasteiger partial charge is 0.245 e. The quantitative estimate of drug-likeness (QED) is 0.916. The predicted molar refractivity (Wildman–Crippen MR) is 81.7 cm³/mol. The van der Waals surface area contributed by atoms with Gasteiger partial charge in [-0.1, -0.05) is 0 Å². The zero-order valence-corrected chi connectivity index (χ0v) is 12.9. The number of likely N-dealkylation sites (tertiary alicyclic amines) is 1. The monoisotopic (exact) mass is 300 g/mol. The Morgan fingerprint density at radius 1 is 1.45 bits per heavy atom. The van der Waals surface area contributed by atoms with E-state index in [1.807, 2.05) is 18.7 Å². The number of carbonyl (C=O) groups is 1. The molecule has 0 saturated carbocycles. The van der Waals surface area contributed by atoms with Gasteiger partial charge in [0.05, 0.1) is 0 Å². The third kappa shape index (κ3) is 2.54. The first-order chi connectivity index (χ1) is 10.5. The first kappa shape index (κ1) is 14.5. The van der Waals surface area contributed by atoms with E-state index in [0.717, 1.165) is 18.5 Å². The maximum atomic E-state index is 12.6. The molecule has 7 heteroatoms. The van der Waals surface area contributed by atoms with Gasteiger partial charge in [-0.05, 0) is 32.8 Å². The molecule has 3 rings (SSSR count). The minimum Gasteiger partial charge on any atom is -0.384 e. The molecule has 1 fully saturated rings. The van der Waals surface area contributed by atoms with E-state index in [9.17, 15) is 4.79 Å². The van der Waals surface area contributed by atoms with E-state index in [2.05, 4.69) is 15.1 Å². The molecule has 7 nitrogen and oxygen atoms in total. The Labute approximate surface area is 129 Å². The lowest BCUT2D eigenvalue weighted by atomic mass is 9.97. The van der Waals surface area contributed by atoms with Crippen LogP contribution in [0.4, 0.5) is 5.82 Å². The summed E-state index contributed by atoms with van der Waals surface area (Å²) in [7, 11) is 0. The summed E-state index contributed by atoms with van der Waals surface area (Å²) in [6.45, 7) is 4.82. The van der Waals surface area contributed by atoms with Crippen LogP contribution in [0.15, 0.2) is 24.5 Å². The largest absolute Gasteiger partial charge is 0.384 e. The van der Waals surface area contributed by atoms with Crippen molar-refractivity contribution in [3.63, 3.8) is 0 Å². The van der Waals surface area contributed by atoms with Gasteiger partial charge < -0.3 is 10.6 Å². The van der Waals surface area contributed by atoms with Crippen LogP contribution in [-0.4, -0.2) is 37.1 Å². The van der Waals surface area contributed by atoms with Gasteiger partial charge in [0.1, 0.15) is 17.9 Å². The summed E-state index contributed by atoms with van der Waals surface area (Å²) < 4.78 is 1.63. The minimum absolute atomic E-state index is 0.0207. The number of carbonyl (C=O) groups excluding carboxylic acids is 1. The van der Waals surface area contributed by atoms with E-state index in [1.165, 1.54) is 0 Å². The second kappa shape index (κ2) is 5.40. The van der Waals surface area contributed by atoms with Crippen molar-refractivity contribution in [3.05, 3.63) is 36.0 Å². The highest BCUT2D eigenvalue weighted by Crippen LogP contribution is 2.37. The van der Waals surface area contributed by atoms with E-state index in [0.29, 0.717) is 18.2 Å². The van der Waals surface area contributed by atoms with Crippen molar-refractivity contribution in [1.29, 1.82) is 0 Å². The number of hydrogen-bond donors (Lipinski definition) is 1. The second-order valence-electron chi connectivity index (χ2n) is 5.88. The minimum atomic E-state index is -0.510. The Morgan fingerprint density at radius 3 is 2.95 bits per heavy atom. The Morgan fingerprint density at radius 2 is 2.27 bits per heavy atom. The number of hydrogen-bond acceptors (Lipinski definition) is 5. The molecule has 116 valence electrons. The van der Waals surface area contributed by atoms with Crippen LogP contribution < -0.4 is 5.73 Å². The number of amides is 1. The van der Waals surface area contributed by atoms with Gasteiger partial charge in [-0.3, -0.25) is 9.48 Å². The number of nitrogen functional groups attached to an aromatic ring is 1. The third-order valence-corrected chi connectivity index (χ3v) is 4.15. The Bertz CT molecular complexity index is 663. The van der Waals surface area contributed by atoms with Gasteiger partial charge >= 0.3 is 0 Å². The molecule has 1 aliphatic rings. The van der Waals surface area contributed by atoms with Crippen LogP contribution in [0.3, 0.4) is 0 Å². The van der Waals surface area contributed by atoms with Crippen LogP contribution in [0, 0.1) is 6.92 Å². The maximum Gasteiger partial charge on any atom is 0.245 e. The Kier molecular flexibility index (Phi) is 3.56. The molecule has 0 aliphatic carbocycles. The fraction of sp³-hybridized carbons (Fsp3) is 0.467. The molecule has 1 atom stereocenters. The lowest BCUT2D eigenvalue weighted by molar-refractivity contribution is -0.136. The molecule has 1 aliphatic heterocycles. The summed E-state index contributed by atoms with van der Waals surface area (Å²) >= 11 is 0. The summed E-state index contributed by atoms with van der Waals surface area (Å²) in [5, 5.41) is 4.09. The van der Waals surface area contributed by atoms with Crippen LogP contribution in [0.5, 0.6) is 0 Å². The van der Waals surface area contributed by atoms with Crippen LogP contribution in [0.2, 0.25) is 0 Å². The normalized spacial score (nSPS) is 21.3. The van der Waals surface area contributed by atoms with Crippen molar-refractivity contribution in [1.82, 2.24) is 24.6 Å². The van der Waals surface area contributed by atoms with Crippen LogP contribution in [-0.2, 0) is 16.9 Å². The summed E-state index contributed by atoms with van der Waals surface area (Å²) in [5.74, 6) is 1.08. The van der Waals surface area contributed by atoms with Gasteiger partial charge in [-0.15, -0.1) is 0 Å². The van der Waals surface area contributed by atoms with Crippen molar-refractivity contribution < 1.29 is 4.79 Å². The number of rotatable bonds is 3. The highest BCUT2D eigenvalue weighted by molar-refractivity contribution is 5.77. The summed E-state index contributed by atoms with van der Waals surface area (Å²) in [5.41, 5.74) is 6.15. The number of aryl methyl sites for hydroxylation is 1. The zero-order chi connectivity index (χ0) is 15.7. The SMILES string of the molecule is Cc1cc(N)nc([C@@]2(C)CCCN2C(=O)Cn2cccn2)n1. The van der Waals surface area contributed by atoms with Crippen molar-refractivity contribution in [3.8, 4) is 0 Å². The maximum absolute atomic E-state index is 12.6. The molecular formula is C15H20N6O. The first-order valence-corrected chi connectivity index (χ1v) is 7.38. The average molecular weight is 300 g/mol. The molecule has 0 spiro atoms. The van der Waals surface area contributed by atoms with Gasteiger partial charge in [-0.2, -0.15) is 5.10 Å². The van der Waals surface area contributed by atoms with Crippen molar-refractivity contribution in [2.75, 3.05) is 12.3 Å². The van der Waals surface area contributed by atoms with Gasteiger partial charge in [-0.25, -0.2) is 9.97 Å². The second-order valence-corrected chi connectivity index (χ2v) is 5.88. The zero-order valence-electron chi connectivity index (χ0n) is 12.9. The van der Waals surface area contributed by atoms with E-state index >= 15 is 0 Å². The standard InChI is InChI=1S/C15H20N6O/c1-11-9-12(16)19-14(18-11)15(2)5-3-8-21(15)13(22)10-20-7-4-6-17-20/h4,6-7,9H,3,5,8,10H2,1-2H3,(H2,16,18,19)/t15-/m1/s1. The highest BCUT2D eigenvalue weighted by atomic mass is 16.2. The number of nitrogens with two attached hydrogens (primary N) is 1. The predicted octanol–water partition coefficient (Wildman–Crippen LogP) is 1.10. The van der Waals surface area contributed by atoms with Gasteiger partial charge in [0.25, 0.3) is 0 Å². The van der Waals surface area contributed by atoms with Crippen LogP contribution >= 0.6 is 0 Å². The Balaban J connectivity index is 1.89. The van der Waals surface area contributed by atoms with E-state index in [-0.39, 0.29) is 12.5 Å². The van der Waals surface area contributed by atoms with E-state index < -0.39 is 5.54 Å².